The van der Waals surface area contributed by atoms with E-state index in [1.165, 1.54) is 13.0 Å². The first-order chi connectivity index (χ1) is 8.27. The van der Waals surface area contributed by atoms with Crippen molar-refractivity contribution in [2.45, 2.75) is 13.1 Å². The lowest BCUT2D eigenvalue weighted by Gasteiger charge is -2.11. The third-order valence-corrected chi connectivity index (χ3v) is 2.49. The second-order valence-electron chi connectivity index (χ2n) is 3.24. The molecule has 0 bridgehead atoms. The van der Waals surface area contributed by atoms with Gasteiger partial charge in [-0.3, -0.25) is 4.79 Å². The Labute approximate surface area is 109 Å². The van der Waals surface area contributed by atoms with Crippen molar-refractivity contribution < 1.29 is 27.5 Å². The lowest BCUT2D eigenvalue weighted by molar-refractivity contribution is -0.139. The highest BCUT2D eigenvalue weighted by Crippen LogP contribution is 2.34. The molecule has 1 rings (SSSR count). The van der Waals surface area contributed by atoms with Crippen molar-refractivity contribution in [2.24, 2.45) is 0 Å². The first-order valence-corrected chi connectivity index (χ1v) is 5.65. The van der Waals surface area contributed by atoms with Crippen LogP contribution in [-0.2, 0) is 15.7 Å². The average molecular weight is 325 g/mol. The van der Waals surface area contributed by atoms with Gasteiger partial charge in [0.15, 0.2) is 0 Å². The number of Topliss-reactive ketones (excluding diaryl/α,β-unsaturated/α-hetero) is 1. The first-order valence-electron chi connectivity index (χ1n) is 4.85. The summed E-state index contributed by atoms with van der Waals surface area (Å²) in [7, 11) is 0. The van der Waals surface area contributed by atoms with Gasteiger partial charge in [-0.25, -0.2) is 4.79 Å². The van der Waals surface area contributed by atoms with Crippen LogP contribution in [0.4, 0.5) is 13.2 Å². The van der Waals surface area contributed by atoms with Crippen molar-refractivity contribution in [3.63, 3.8) is 0 Å². The molecule has 18 heavy (non-hydrogen) atoms. The molecule has 1 aromatic carbocycles. The van der Waals surface area contributed by atoms with E-state index in [-0.39, 0.29) is 11.1 Å². The van der Waals surface area contributed by atoms with Gasteiger partial charge in [-0.15, -0.1) is 0 Å². The predicted molar refractivity (Wildman–Crippen MR) is 60.1 cm³/mol. The van der Waals surface area contributed by atoms with Crippen molar-refractivity contribution in [3.8, 4) is 0 Å². The fourth-order valence-electron chi connectivity index (χ4n) is 1.26. The van der Waals surface area contributed by atoms with Gasteiger partial charge in [0.05, 0.1) is 12.2 Å². The molecule has 0 radical (unpaired) electrons. The van der Waals surface area contributed by atoms with Crippen LogP contribution in [-0.4, -0.2) is 18.4 Å². The second-order valence-corrected chi connectivity index (χ2v) is 4.15. The minimum absolute atomic E-state index is 0.0809. The molecular weight excluding hydrogens is 317 g/mol. The van der Waals surface area contributed by atoms with Gasteiger partial charge in [0.1, 0.15) is 0 Å². The fraction of sp³-hybridized carbons (Fsp3) is 0.273. The third-order valence-electron chi connectivity index (χ3n) is 1.99. The maximum Gasteiger partial charge on any atom is 0.417 e. The Morgan fingerprint density at radius 1 is 1.33 bits per heavy atom. The van der Waals surface area contributed by atoms with Gasteiger partial charge in [0, 0.05) is 10.0 Å². The van der Waals surface area contributed by atoms with Crippen molar-refractivity contribution >= 4 is 27.7 Å². The molecule has 0 saturated heterocycles. The van der Waals surface area contributed by atoms with Crippen LogP contribution >= 0.6 is 15.9 Å². The zero-order valence-electron chi connectivity index (χ0n) is 9.18. The molecule has 0 aliphatic rings. The van der Waals surface area contributed by atoms with E-state index in [9.17, 15) is 22.8 Å². The molecule has 1 aromatic rings. The largest absolute Gasteiger partial charge is 0.460 e. The second kappa shape index (κ2) is 5.51. The quantitative estimate of drug-likeness (QED) is 0.487. The van der Waals surface area contributed by atoms with E-state index in [1.54, 1.807) is 0 Å². The van der Waals surface area contributed by atoms with Crippen LogP contribution in [0.2, 0.25) is 0 Å². The van der Waals surface area contributed by atoms with Gasteiger partial charge >= 0.3 is 12.1 Å². The van der Waals surface area contributed by atoms with E-state index in [4.69, 9.17) is 0 Å². The van der Waals surface area contributed by atoms with Crippen LogP contribution in [0.5, 0.6) is 0 Å². The van der Waals surface area contributed by atoms with Crippen LogP contribution in [0.3, 0.4) is 0 Å². The monoisotopic (exact) mass is 324 g/mol. The number of hydrogen-bond donors (Lipinski definition) is 0. The van der Waals surface area contributed by atoms with Crippen molar-refractivity contribution in [1.29, 1.82) is 0 Å². The third kappa shape index (κ3) is 3.32. The number of carbonyl (C=O) groups is 2. The molecule has 0 aliphatic carbocycles. The summed E-state index contributed by atoms with van der Waals surface area (Å²) in [5.74, 6) is -2.61. The molecule has 3 nitrogen and oxygen atoms in total. The van der Waals surface area contributed by atoms with Crippen LogP contribution in [0.1, 0.15) is 22.8 Å². The smallest absolute Gasteiger partial charge is 0.417 e. The lowest BCUT2D eigenvalue weighted by atomic mass is 10.0. The topological polar surface area (TPSA) is 43.4 Å². The number of carbonyl (C=O) groups excluding carboxylic acids is 2. The summed E-state index contributed by atoms with van der Waals surface area (Å²) < 4.78 is 42.7. The number of alkyl halides is 3. The van der Waals surface area contributed by atoms with Crippen molar-refractivity contribution in [1.82, 2.24) is 0 Å². The summed E-state index contributed by atoms with van der Waals surface area (Å²) >= 11 is 2.88. The number of esters is 1. The van der Waals surface area contributed by atoms with Gasteiger partial charge in [-0.2, -0.15) is 13.2 Å². The van der Waals surface area contributed by atoms with E-state index in [1.807, 2.05) is 0 Å². The van der Waals surface area contributed by atoms with Crippen LogP contribution in [0, 0.1) is 0 Å². The molecule has 0 atom stereocenters. The Bertz CT molecular complexity index is 483. The standard InChI is InChI=1S/C11H8BrF3O3/c1-2-18-10(17)9(16)7-4-3-6(12)5-8(7)11(13,14)15/h3-5H,2H2,1H3. The molecule has 7 heteroatoms. The Morgan fingerprint density at radius 2 is 1.94 bits per heavy atom. The van der Waals surface area contributed by atoms with Crippen molar-refractivity contribution in [3.05, 3.63) is 33.8 Å². The van der Waals surface area contributed by atoms with E-state index >= 15 is 0 Å². The summed E-state index contributed by atoms with van der Waals surface area (Å²) in [5.41, 5.74) is -1.89. The molecule has 0 spiro atoms. The molecule has 0 aromatic heterocycles. The molecule has 0 saturated carbocycles. The normalized spacial score (nSPS) is 11.2. The maximum absolute atomic E-state index is 12.7. The van der Waals surface area contributed by atoms with Crippen molar-refractivity contribution in [2.75, 3.05) is 6.61 Å². The average Bonchev–Trinajstić information content (AvgIpc) is 2.27. The van der Waals surface area contributed by atoms with E-state index in [2.05, 4.69) is 20.7 Å². The first kappa shape index (κ1) is 14.7. The summed E-state index contributed by atoms with van der Waals surface area (Å²) in [6.07, 6.45) is -4.72. The predicted octanol–water partition coefficient (Wildman–Crippen LogP) is 3.21. The highest BCUT2D eigenvalue weighted by molar-refractivity contribution is 9.10. The summed E-state index contributed by atoms with van der Waals surface area (Å²) in [5, 5.41) is 0. The molecule has 98 valence electrons. The van der Waals surface area contributed by atoms with E-state index in [0.717, 1.165) is 12.1 Å². The maximum atomic E-state index is 12.7. The van der Waals surface area contributed by atoms with Gasteiger partial charge in [-0.05, 0) is 25.1 Å². The Balaban J connectivity index is 3.24. The van der Waals surface area contributed by atoms with Gasteiger partial charge in [0.25, 0.3) is 5.78 Å². The minimum atomic E-state index is -4.72. The fourth-order valence-corrected chi connectivity index (χ4v) is 1.62. The summed E-state index contributed by atoms with van der Waals surface area (Å²) in [4.78, 5) is 22.7. The molecule has 0 fully saturated rings. The Morgan fingerprint density at radius 3 is 2.44 bits per heavy atom. The number of ketones is 1. The van der Waals surface area contributed by atoms with Gasteiger partial charge in [0.2, 0.25) is 0 Å². The van der Waals surface area contributed by atoms with Gasteiger partial charge < -0.3 is 4.74 Å². The molecule has 0 heterocycles. The Hall–Kier alpha value is -1.37. The minimum Gasteiger partial charge on any atom is -0.460 e. The highest BCUT2D eigenvalue weighted by atomic mass is 79.9. The summed E-state index contributed by atoms with van der Waals surface area (Å²) in [6.45, 7) is 1.37. The van der Waals surface area contributed by atoms with Crippen LogP contribution in [0.25, 0.3) is 0 Å². The van der Waals surface area contributed by atoms with Crippen LogP contribution in [0.15, 0.2) is 22.7 Å². The van der Waals surface area contributed by atoms with Gasteiger partial charge in [-0.1, -0.05) is 15.9 Å². The number of hydrogen-bond acceptors (Lipinski definition) is 3. The number of ether oxygens (including phenoxy) is 1. The number of halogens is 4. The SMILES string of the molecule is CCOC(=O)C(=O)c1ccc(Br)cc1C(F)(F)F. The molecule has 0 unspecified atom stereocenters. The van der Waals surface area contributed by atoms with E-state index < -0.39 is 29.1 Å². The van der Waals surface area contributed by atoms with E-state index in [0.29, 0.717) is 0 Å². The molecule has 0 aliphatic heterocycles. The molecular formula is C11H8BrF3O3. The zero-order valence-corrected chi connectivity index (χ0v) is 10.8. The number of benzene rings is 1. The molecule has 0 N–H and O–H groups in total. The molecule has 0 amide bonds. The highest BCUT2D eigenvalue weighted by Gasteiger charge is 2.37. The van der Waals surface area contributed by atoms with Crippen LogP contribution < -0.4 is 0 Å². The lowest BCUT2D eigenvalue weighted by Crippen LogP contribution is -2.21. The zero-order chi connectivity index (χ0) is 13.9. The number of rotatable bonds is 3. The Kier molecular flexibility index (Phi) is 4.50. The summed E-state index contributed by atoms with van der Waals surface area (Å²) in [6, 6.07) is 2.93.